The Bertz CT molecular complexity index is 5540. The lowest BCUT2D eigenvalue weighted by atomic mass is 9.92. The van der Waals surface area contributed by atoms with Crippen molar-refractivity contribution >= 4 is 119 Å². The molecule has 0 saturated heterocycles. The third kappa shape index (κ3) is 6.43. The van der Waals surface area contributed by atoms with Crippen molar-refractivity contribution in [1.82, 2.24) is 14.1 Å². The maximum Gasteiger partial charge on any atom is 0.213 e. The average molecular weight is 1050 g/mol. The molecule has 5 heterocycles. The van der Waals surface area contributed by atoms with E-state index in [4.69, 9.17) is 18.6 Å². The predicted molar refractivity (Wildman–Crippen MR) is 323 cm³/mol. The van der Waals surface area contributed by atoms with Gasteiger partial charge in [-0.1, -0.05) is 146 Å². The molecule has 16 aromatic rings. The number of fused-ring (bicyclic) bond motifs is 18. The molecule has 80 heavy (non-hydrogen) atoms. The molecule has 0 atom stereocenters. The van der Waals surface area contributed by atoms with Crippen LogP contribution in [0.5, 0.6) is 11.5 Å². The van der Waals surface area contributed by atoms with E-state index < -0.39 is 9.84 Å². The Morgan fingerprint density at radius 1 is 0.338 bits per heavy atom. The van der Waals surface area contributed by atoms with E-state index in [1.165, 1.54) is 0 Å². The Morgan fingerprint density at radius 3 is 1.49 bits per heavy atom. The Hall–Kier alpha value is -10.5. The number of furan rings is 2. The van der Waals surface area contributed by atoms with E-state index in [9.17, 15) is 0 Å². The number of rotatable bonds is 4. The molecule has 1 aliphatic rings. The topological polar surface area (TPSA) is 92.4 Å². The number of aromatic nitrogens is 3. The average Bonchev–Trinajstić information content (AvgIpc) is 4.23. The van der Waals surface area contributed by atoms with Crippen molar-refractivity contribution in [3.8, 4) is 45.1 Å². The zero-order chi connectivity index (χ0) is 52.8. The van der Waals surface area contributed by atoms with Gasteiger partial charge in [-0.25, -0.2) is 8.42 Å². The number of ether oxygens (including phenoxy) is 1. The molecule has 8 nitrogen and oxygen atoms in total. The number of nitrogens with zero attached hydrogens (tertiary/aromatic N) is 3. The molecule has 0 radical (unpaired) electrons. The molecule has 12 aromatic carbocycles. The van der Waals surface area contributed by atoms with Gasteiger partial charge in [0.15, 0.2) is 0 Å². The van der Waals surface area contributed by atoms with E-state index in [1.807, 2.05) is 66.9 Å². The van der Waals surface area contributed by atoms with Crippen LogP contribution in [0.25, 0.3) is 143 Å². The van der Waals surface area contributed by atoms with E-state index in [0.717, 1.165) is 127 Å². The first-order chi connectivity index (χ1) is 39.4. The van der Waals surface area contributed by atoms with Gasteiger partial charge in [0.25, 0.3) is 0 Å². The second kappa shape index (κ2) is 16.8. The third-order valence-electron chi connectivity index (χ3n) is 16.2. The van der Waals surface area contributed by atoms with Crippen LogP contribution in [0.15, 0.2) is 267 Å². The fraction of sp³-hybridized carbons (Fsp3) is 0. The second-order valence-corrected chi connectivity index (χ2v) is 22.4. The number of sulfone groups is 1. The van der Waals surface area contributed by atoms with E-state index >= 15 is 8.42 Å². The Labute approximate surface area is 456 Å². The van der Waals surface area contributed by atoms with Crippen molar-refractivity contribution < 1.29 is 22.0 Å². The molecule has 376 valence electrons. The largest absolute Gasteiger partial charge is 0.455 e. The number of hydrogen-bond acceptors (Lipinski definition) is 6. The highest BCUT2D eigenvalue weighted by Gasteiger charge is 2.32. The zero-order valence-corrected chi connectivity index (χ0v) is 43.3. The summed E-state index contributed by atoms with van der Waals surface area (Å²) < 4.78 is 54.8. The first-order valence-corrected chi connectivity index (χ1v) is 28.1. The van der Waals surface area contributed by atoms with Crippen molar-refractivity contribution in [3.05, 3.63) is 249 Å². The SMILES string of the molecule is O=S1(=O)c2ccccc2Oc2cc3c(cc21)c1cc(-c2cccc4c2oc2ccccc24)ccc1c1cc2c(cc1c1cc(-c4cccc5c4oc4ccccc45)cnc13)n(-c1ccccc1)c1ccccc1n2-c1ccccc1. The Kier molecular flexibility index (Phi) is 9.35. The van der Waals surface area contributed by atoms with Crippen molar-refractivity contribution in [1.29, 1.82) is 0 Å². The van der Waals surface area contributed by atoms with Gasteiger partial charge in [-0.2, -0.15) is 0 Å². The predicted octanol–water partition coefficient (Wildman–Crippen LogP) is 18.8. The molecule has 0 amide bonds. The van der Waals surface area contributed by atoms with Crippen molar-refractivity contribution in [2.24, 2.45) is 0 Å². The highest BCUT2D eigenvalue weighted by Crippen LogP contribution is 2.49. The standard InChI is InChI=1S/C71H41N3O5S/c75-80(76)67-32-14-13-31-65(67)77-66-39-58-56(40-68(66)80)53-35-42(46-23-15-25-51-49-21-7-11-29-63(49)78-70(46)51)33-34-48(53)54-37-61-62(74(45-19-5-2-6-20-45)60-28-10-9-27-59(60)73(61)44-17-3-1-4-18-44)38-55(54)57-36-43(41-72-69(57)58)47-24-16-26-52-50-22-8-12-30-64(50)79-71(47)52/h1-41H. The molecule has 0 aliphatic carbocycles. The molecule has 0 unspecified atom stereocenters. The Morgan fingerprint density at radius 2 is 0.838 bits per heavy atom. The van der Waals surface area contributed by atoms with Gasteiger partial charge < -0.3 is 22.7 Å². The van der Waals surface area contributed by atoms with Crippen LogP contribution in [0.4, 0.5) is 0 Å². The summed E-state index contributed by atoms with van der Waals surface area (Å²) in [5.74, 6) is 0.503. The van der Waals surface area contributed by atoms with Crippen molar-refractivity contribution in [2.75, 3.05) is 0 Å². The summed E-state index contributed by atoms with van der Waals surface area (Å²) in [6.45, 7) is 0. The minimum Gasteiger partial charge on any atom is -0.455 e. The zero-order valence-electron chi connectivity index (χ0n) is 42.5. The quantitative estimate of drug-likeness (QED) is 0.163. The van der Waals surface area contributed by atoms with Gasteiger partial charge in [0.2, 0.25) is 9.84 Å². The van der Waals surface area contributed by atoms with Gasteiger partial charge in [-0.05, 0) is 130 Å². The molecular formula is C71H41N3O5S. The lowest BCUT2D eigenvalue weighted by Gasteiger charge is -2.23. The summed E-state index contributed by atoms with van der Waals surface area (Å²) in [5.41, 5.74) is 13.3. The molecule has 17 rings (SSSR count). The fourth-order valence-electron chi connectivity index (χ4n) is 12.6. The van der Waals surface area contributed by atoms with Gasteiger partial charge >= 0.3 is 0 Å². The molecule has 0 N–H and O–H groups in total. The van der Waals surface area contributed by atoms with Gasteiger partial charge in [0.1, 0.15) is 43.6 Å². The number of benzene rings is 11. The third-order valence-corrected chi connectivity index (χ3v) is 18.0. The van der Waals surface area contributed by atoms with E-state index in [1.54, 1.807) is 24.3 Å². The summed E-state index contributed by atoms with van der Waals surface area (Å²) in [5, 5.41) is 9.88. The fourth-order valence-corrected chi connectivity index (χ4v) is 14.1. The maximum absolute atomic E-state index is 15.0. The van der Waals surface area contributed by atoms with Gasteiger partial charge in [-0.15, -0.1) is 0 Å². The summed E-state index contributed by atoms with van der Waals surface area (Å²) in [6.07, 6.45) is 1.92. The lowest BCUT2D eigenvalue weighted by Crippen LogP contribution is -2.11. The molecule has 0 fully saturated rings. The first-order valence-electron chi connectivity index (χ1n) is 26.6. The molecule has 0 spiro atoms. The van der Waals surface area contributed by atoms with E-state index in [-0.39, 0.29) is 21.3 Å². The van der Waals surface area contributed by atoms with Crippen molar-refractivity contribution in [3.63, 3.8) is 0 Å². The Balaban J connectivity index is 1.10. The van der Waals surface area contributed by atoms with Crippen molar-refractivity contribution in [2.45, 2.75) is 9.79 Å². The summed E-state index contributed by atoms with van der Waals surface area (Å²) in [6, 6.07) is 82.3. The van der Waals surface area contributed by atoms with Crippen LogP contribution in [0.2, 0.25) is 0 Å². The number of pyridine rings is 1. The molecule has 9 heteroatoms. The molecule has 1 aliphatic heterocycles. The maximum atomic E-state index is 15.0. The smallest absolute Gasteiger partial charge is 0.213 e. The normalized spacial score (nSPS) is 13.1. The molecular weight excluding hydrogens is 1010 g/mol. The van der Waals surface area contributed by atoms with Crippen LogP contribution in [0.1, 0.15) is 0 Å². The van der Waals surface area contributed by atoms with Crippen LogP contribution >= 0.6 is 0 Å². The van der Waals surface area contributed by atoms with Gasteiger partial charge in [-0.3, -0.25) is 4.98 Å². The number of para-hydroxylation sites is 9. The van der Waals surface area contributed by atoms with Crippen LogP contribution in [0.3, 0.4) is 0 Å². The summed E-state index contributed by atoms with van der Waals surface area (Å²) in [7, 11) is -4.07. The minimum atomic E-state index is -4.07. The van der Waals surface area contributed by atoms with Gasteiger partial charge in [0, 0.05) is 66.6 Å². The van der Waals surface area contributed by atoms with Crippen LogP contribution in [-0.4, -0.2) is 22.5 Å². The summed E-state index contributed by atoms with van der Waals surface area (Å²) >= 11 is 0. The van der Waals surface area contributed by atoms with Crippen LogP contribution in [0, 0.1) is 0 Å². The van der Waals surface area contributed by atoms with Crippen LogP contribution < -0.4 is 4.74 Å². The van der Waals surface area contributed by atoms with Gasteiger partial charge in [0.05, 0.1) is 27.6 Å². The number of hydrogen-bond donors (Lipinski definition) is 0. The first kappa shape index (κ1) is 44.6. The summed E-state index contributed by atoms with van der Waals surface area (Å²) in [4.78, 5) is 5.75. The highest BCUT2D eigenvalue weighted by molar-refractivity contribution is 7.91. The highest BCUT2D eigenvalue weighted by atomic mass is 32.2. The molecule has 0 saturated carbocycles. The molecule has 4 aromatic heterocycles. The second-order valence-electron chi connectivity index (χ2n) is 20.6. The van der Waals surface area contributed by atoms with E-state index in [2.05, 4.69) is 167 Å². The van der Waals surface area contributed by atoms with E-state index in [0.29, 0.717) is 16.3 Å². The van der Waals surface area contributed by atoms with Crippen LogP contribution in [-0.2, 0) is 9.84 Å². The minimum absolute atomic E-state index is 0.0806. The lowest BCUT2D eigenvalue weighted by molar-refractivity contribution is 0.444. The molecule has 0 bridgehead atoms. The monoisotopic (exact) mass is 1050 g/mol.